The van der Waals surface area contributed by atoms with Gasteiger partial charge in [0.2, 0.25) is 5.91 Å². The van der Waals surface area contributed by atoms with E-state index in [-0.39, 0.29) is 30.2 Å². The number of methoxy groups -OCH3 is 1. The zero-order valence-electron chi connectivity index (χ0n) is 11.9. The fourth-order valence-corrected chi connectivity index (χ4v) is 1.83. The van der Waals surface area contributed by atoms with Gasteiger partial charge in [-0.1, -0.05) is 20.3 Å². The molecule has 0 bridgehead atoms. The highest BCUT2D eigenvalue weighted by Crippen LogP contribution is 2.13. The molecule has 2 unspecified atom stereocenters. The number of ether oxygens (including phenoxy) is 1. The van der Waals surface area contributed by atoms with Gasteiger partial charge in [0.25, 0.3) is 0 Å². The van der Waals surface area contributed by atoms with Crippen molar-refractivity contribution in [2.75, 3.05) is 20.7 Å². The van der Waals surface area contributed by atoms with Crippen LogP contribution in [-0.2, 0) is 14.3 Å². The summed E-state index contributed by atoms with van der Waals surface area (Å²) in [6.07, 6.45) is 1.47. The fraction of sp³-hybridized carbons (Fsp3) is 0.833. The van der Waals surface area contributed by atoms with E-state index in [0.717, 1.165) is 6.42 Å². The van der Waals surface area contributed by atoms with Crippen LogP contribution in [0.2, 0.25) is 0 Å². The second-order valence-electron chi connectivity index (χ2n) is 4.78. The molecule has 5 nitrogen and oxygen atoms in total. The van der Waals surface area contributed by atoms with Gasteiger partial charge in [-0.25, -0.2) is 0 Å². The normalized spacial score (nSPS) is 15.0. The molecule has 0 aromatic rings. The molecule has 0 aliphatic heterocycles. The molecule has 0 heterocycles. The molecule has 0 saturated heterocycles. The van der Waals surface area contributed by atoms with Crippen LogP contribution in [0.15, 0.2) is 0 Å². The molecule has 0 radical (unpaired) electrons. The number of amides is 1. The van der Waals surface area contributed by atoms with Crippen molar-refractivity contribution >= 4 is 24.3 Å². The predicted molar refractivity (Wildman–Crippen MR) is 73.6 cm³/mol. The van der Waals surface area contributed by atoms with Crippen molar-refractivity contribution in [1.29, 1.82) is 0 Å². The molecule has 0 aromatic heterocycles. The number of hydrogen-bond donors (Lipinski definition) is 1. The lowest BCUT2D eigenvalue weighted by Gasteiger charge is -2.30. The van der Waals surface area contributed by atoms with Crippen LogP contribution in [0.4, 0.5) is 0 Å². The van der Waals surface area contributed by atoms with Crippen molar-refractivity contribution < 1.29 is 14.3 Å². The van der Waals surface area contributed by atoms with Gasteiger partial charge in [0.15, 0.2) is 0 Å². The molecule has 6 heteroatoms. The monoisotopic (exact) mass is 280 g/mol. The third kappa shape index (κ3) is 5.69. The first-order valence-electron chi connectivity index (χ1n) is 5.88. The summed E-state index contributed by atoms with van der Waals surface area (Å²) in [6.45, 7) is 5.75. The number of esters is 1. The molecule has 2 atom stereocenters. The summed E-state index contributed by atoms with van der Waals surface area (Å²) in [5.41, 5.74) is 5.09. The number of carbonyl (C=O) groups is 2. The highest BCUT2D eigenvalue weighted by atomic mass is 35.5. The van der Waals surface area contributed by atoms with Gasteiger partial charge in [0.05, 0.1) is 18.6 Å². The van der Waals surface area contributed by atoms with Crippen molar-refractivity contribution in [3.8, 4) is 0 Å². The largest absolute Gasteiger partial charge is 0.469 e. The average molecular weight is 281 g/mol. The quantitative estimate of drug-likeness (QED) is 0.742. The smallest absolute Gasteiger partial charge is 0.310 e. The lowest BCUT2D eigenvalue weighted by atomic mass is 9.95. The van der Waals surface area contributed by atoms with Crippen LogP contribution in [0.5, 0.6) is 0 Å². The molecule has 0 aliphatic carbocycles. The fourth-order valence-electron chi connectivity index (χ4n) is 1.83. The Hall–Kier alpha value is -0.810. The third-order valence-electron chi connectivity index (χ3n) is 2.76. The second-order valence-corrected chi connectivity index (χ2v) is 4.78. The van der Waals surface area contributed by atoms with Gasteiger partial charge in [-0.15, -0.1) is 12.4 Å². The van der Waals surface area contributed by atoms with Crippen molar-refractivity contribution in [3.63, 3.8) is 0 Å². The first kappa shape index (κ1) is 19.5. The van der Waals surface area contributed by atoms with Gasteiger partial charge >= 0.3 is 5.97 Å². The van der Waals surface area contributed by atoms with Crippen molar-refractivity contribution in [2.45, 2.75) is 39.2 Å². The van der Waals surface area contributed by atoms with Crippen LogP contribution in [0.3, 0.4) is 0 Å². The Morgan fingerprint density at radius 2 is 1.94 bits per heavy atom. The Labute approximate surface area is 115 Å². The van der Waals surface area contributed by atoms with E-state index in [4.69, 9.17) is 5.73 Å². The van der Waals surface area contributed by atoms with Crippen LogP contribution in [-0.4, -0.2) is 43.0 Å². The summed E-state index contributed by atoms with van der Waals surface area (Å²) >= 11 is 0. The van der Waals surface area contributed by atoms with Crippen LogP contribution >= 0.6 is 12.4 Å². The number of nitrogens with zero attached hydrogens (tertiary/aromatic N) is 1. The minimum atomic E-state index is -0.862. The van der Waals surface area contributed by atoms with Gasteiger partial charge in [-0.2, -0.15) is 0 Å². The third-order valence-corrected chi connectivity index (χ3v) is 2.76. The zero-order chi connectivity index (χ0) is 13.6. The van der Waals surface area contributed by atoms with E-state index in [9.17, 15) is 9.59 Å². The maximum atomic E-state index is 12.0. The van der Waals surface area contributed by atoms with Crippen LogP contribution < -0.4 is 5.73 Å². The lowest BCUT2D eigenvalue weighted by molar-refractivity contribution is -0.146. The zero-order valence-corrected chi connectivity index (χ0v) is 12.7. The van der Waals surface area contributed by atoms with E-state index < -0.39 is 5.54 Å². The number of carbonyl (C=O) groups excluding carboxylic acids is 2. The lowest BCUT2D eigenvalue weighted by Crippen LogP contribution is -2.53. The molecule has 0 aliphatic rings. The Kier molecular flexibility index (Phi) is 9.03. The number of halogens is 1. The summed E-state index contributed by atoms with van der Waals surface area (Å²) in [6, 6.07) is 0. The van der Waals surface area contributed by atoms with Crippen LogP contribution in [0, 0.1) is 5.92 Å². The van der Waals surface area contributed by atoms with E-state index in [0.29, 0.717) is 13.0 Å². The molecule has 0 spiro atoms. The van der Waals surface area contributed by atoms with E-state index in [1.165, 1.54) is 12.0 Å². The van der Waals surface area contributed by atoms with E-state index >= 15 is 0 Å². The highest BCUT2D eigenvalue weighted by molar-refractivity contribution is 5.86. The molecule has 0 rings (SSSR count). The van der Waals surface area contributed by atoms with Gasteiger partial charge in [0, 0.05) is 13.6 Å². The number of hydrogen-bond acceptors (Lipinski definition) is 4. The first-order chi connectivity index (χ1) is 7.76. The Morgan fingerprint density at radius 3 is 2.33 bits per heavy atom. The summed E-state index contributed by atoms with van der Waals surface area (Å²) < 4.78 is 4.62. The minimum absolute atomic E-state index is 0. The maximum absolute atomic E-state index is 12.0. The molecule has 108 valence electrons. The van der Waals surface area contributed by atoms with Gasteiger partial charge in [-0.05, 0) is 13.3 Å². The molecular weight excluding hydrogens is 256 g/mol. The SMILES string of the molecule is CCCC(C)(N)C(=O)N(C)CC(C)C(=O)OC.Cl. The van der Waals surface area contributed by atoms with Crippen molar-refractivity contribution in [2.24, 2.45) is 11.7 Å². The van der Waals surface area contributed by atoms with Gasteiger partial charge in [-0.3, -0.25) is 9.59 Å². The Balaban J connectivity index is 0. The Bertz CT molecular complexity index is 282. The van der Waals surface area contributed by atoms with Crippen LogP contribution in [0.25, 0.3) is 0 Å². The van der Waals surface area contributed by atoms with Gasteiger partial charge in [0.1, 0.15) is 0 Å². The molecule has 0 saturated carbocycles. The van der Waals surface area contributed by atoms with E-state index in [1.807, 2.05) is 6.92 Å². The molecule has 2 N–H and O–H groups in total. The Morgan fingerprint density at radius 1 is 1.44 bits per heavy atom. The first-order valence-corrected chi connectivity index (χ1v) is 5.88. The molecule has 0 fully saturated rings. The maximum Gasteiger partial charge on any atom is 0.310 e. The van der Waals surface area contributed by atoms with Crippen molar-refractivity contribution in [3.05, 3.63) is 0 Å². The topological polar surface area (TPSA) is 72.6 Å². The van der Waals surface area contributed by atoms with Crippen molar-refractivity contribution in [1.82, 2.24) is 4.90 Å². The molecular formula is C12H25ClN2O3. The van der Waals surface area contributed by atoms with Crippen LogP contribution in [0.1, 0.15) is 33.6 Å². The van der Waals surface area contributed by atoms with Gasteiger partial charge < -0.3 is 15.4 Å². The molecule has 18 heavy (non-hydrogen) atoms. The summed E-state index contributed by atoms with van der Waals surface area (Å²) in [5, 5.41) is 0. The number of rotatable bonds is 6. The number of nitrogens with two attached hydrogens (primary N) is 1. The predicted octanol–water partition coefficient (Wildman–Crippen LogP) is 1.19. The summed E-state index contributed by atoms with van der Waals surface area (Å²) in [5.74, 6) is -0.805. The minimum Gasteiger partial charge on any atom is -0.469 e. The summed E-state index contributed by atoms with van der Waals surface area (Å²) in [7, 11) is 2.99. The molecule has 1 amide bonds. The summed E-state index contributed by atoms with van der Waals surface area (Å²) in [4.78, 5) is 24.8. The molecule has 0 aromatic carbocycles. The average Bonchev–Trinajstić information content (AvgIpc) is 2.26. The number of likely N-dealkylation sites (N-methyl/N-ethyl adjacent to an activating group) is 1. The highest BCUT2D eigenvalue weighted by Gasteiger charge is 2.31. The van der Waals surface area contributed by atoms with E-state index in [1.54, 1.807) is 20.9 Å². The second kappa shape index (κ2) is 8.32. The van der Waals surface area contributed by atoms with E-state index in [2.05, 4.69) is 4.74 Å². The standard InChI is InChI=1S/C12H24N2O3.ClH/c1-6-7-12(3,13)11(16)14(4)8-9(2)10(15)17-5;/h9H,6-8,13H2,1-5H3;1H.